The van der Waals surface area contributed by atoms with Crippen LogP contribution < -0.4 is 9.64 Å². The Morgan fingerprint density at radius 1 is 0.811 bits per heavy atom. The molecule has 9 heteroatoms. The molecule has 2 amide bonds. The Labute approximate surface area is 214 Å². The molecule has 1 aliphatic heterocycles. The lowest BCUT2D eigenvalue weighted by Crippen LogP contribution is -2.36. The molecule has 1 N–H and O–H groups in total. The van der Waals surface area contributed by atoms with Crippen molar-refractivity contribution in [2.45, 2.75) is 10.9 Å². The van der Waals surface area contributed by atoms with E-state index >= 15 is 0 Å². The van der Waals surface area contributed by atoms with Crippen LogP contribution in [0.1, 0.15) is 11.6 Å². The van der Waals surface area contributed by atoms with Crippen LogP contribution >= 0.6 is 0 Å². The summed E-state index contributed by atoms with van der Waals surface area (Å²) in [5.74, 6) is 0.200. The zero-order chi connectivity index (χ0) is 26.0. The number of para-hydroxylation sites is 1. The predicted molar refractivity (Wildman–Crippen MR) is 138 cm³/mol. The maximum absolute atomic E-state index is 13.6. The van der Waals surface area contributed by atoms with Crippen LogP contribution in [0.3, 0.4) is 0 Å². The highest BCUT2D eigenvalue weighted by molar-refractivity contribution is 7.89. The fourth-order valence-electron chi connectivity index (χ4n) is 4.37. The number of carboxylic acid groups (broad SMARTS) is 1. The Kier molecular flexibility index (Phi) is 6.37. The summed E-state index contributed by atoms with van der Waals surface area (Å²) in [5, 5.41) is 8.80. The maximum Gasteiger partial charge on any atom is 0.511 e. The van der Waals surface area contributed by atoms with Gasteiger partial charge in [0.15, 0.2) is 0 Å². The van der Waals surface area contributed by atoms with Crippen molar-refractivity contribution in [1.82, 2.24) is 4.31 Å². The average molecular weight is 515 g/mol. The normalized spacial score (nSPS) is 15.6. The van der Waals surface area contributed by atoms with Gasteiger partial charge < -0.3 is 9.84 Å². The molecule has 5 rings (SSSR count). The molecule has 0 aliphatic carbocycles. The summed E-state index contributed by atoms with van der Waals surface area (Å²) < 4.78 is 32.4. The number of nitrogens with zero attached hydrogens (tertiary/aromatic N) is 2. The number of hydrogen-bond acceptors (Lipinski definition) is 5. The lowest BCUT2D eigenvalue weighted by Gasteiger charge is -2.24. The Morgan fingerprint density at radius 2 is 1.46 bits per heavy atom. The molecule has 4 aromatic carbocycles. The molecular formula is C28H22N2O6S. The molecule has 0 saturated carbocycles. The van der Waals surface area contributed by atoms with Gasteiger partial charge in [0.2, 0.25) is 0 Å². The van der Waals surface area contributed by atoms with Gasteiger partial charge in [-0.25, -0.2) is 22.3 Å². The molecule has 0 radical (unpaired) electrons. The van der Waals surface area contributed by atoms with E-state index in [1.54, 1.807) is 66.7 Å². The van der Waals surface area contributed by atoms with E-state index in [1.807, 2.05) is 30.3 Å². The van der Waals surface area contributed by atoms with E-state index in [0.717, 1.165) is 21.0 Å². The molecule has 1 atom stereocenters. The van der Waals surface area contributed by atoms with Gasteiger partial charge in [-0.3, -0.25) is 4.90 Å². The first-order chi connectivity index (χ1) is 17.8. The molecular weight excluding hydrogens is 492 g/mol. The van der Waals surface area contributed by atoms with Crippen LogP contribution in [0.4, 0.5) is 15.3 Å². The Bertz CT molecular complexity index is 1540. The number of hydrogen-bond donors (Lipinski definition) is 1. The van der Waals surface area contributed by atoms with Crippen molar-refractivity contribution in [3.8, 4) is 16.9 Å². The third kappa shape index (κ3) is 4.76. The van der Waals surface area contributed by atoms with E-state index in [4.69, 9.17) is 5.11 Å². The van der Waals surface area contributed by atoms with Gasteiger partial charge in [0.05, 0.1) is 17.5 Å². The number of carbonyl (C=O) groups is 2. The van der Waals surface area contributed by atoms with Crippen molar-refractivity contribution in [2.24, 2.45) is 0 Å². The van der Waals surface area contributed by atoms with Crippen molar-refractivity contribution in [3.05, 3.63) is 115 Å². The van der Waals surface area contributed by atoms with Gasteiger partial charge in [-0.15, -0.1) is 0 Å². The van der Waals surface area contributed by atoms with Crippen LogP contribution in [0.15, 0.2) is 114 Å². The number of ether oxygens (including phenoxy) is 1. The highest BCUT2D eigenvalue weighted by Gasteiger charge is 2.45. The Balaban J connectivity index is 1.53. The van der Waals surface area contributed by atoms with Crippen molar-refractivity contribution in [1.29, 1.82) is 0 Å². The SMILES string of the molecule is O=C(O)Oc1ccc(-c2cccc(C3CN(S(=O)(=O)c4ccccc4)C(=O)N3c3ccccc3)c2)cc1. The topological polar surface area (TPSA) is 104 Å². The second-order valence-corrected chi connectivity index (χ2v) is 10.2. The smallest absolute Gasteiger partial charge is 0.449 e. The number of urea groups is 1. The number of carbonyl (C=O) groups excluding carboxylic acids is 1. The standard InChI is InChI=1S/C28H22N2O6S/c31-27-29(37(34,35)25-12-5-2-6-13-25)19-26(30(27)23-10-3-1-4-11-23)22-9-7-8-21(18-22)20-14-16-24(17-15-20)36-28(32)33/h1-18,26H,19H2,(H,32,33). The molecule has 186 valence electrons. The van der Waals surface area contributed by atoms with Gasteiger partial charge in [-0.2, -0.15) is 0 Å². The van der Waals surface area contributed by atoms with Crippen molar-refractivity contribution < 1.29 is 27.9 Å². The molecule has 0 spiro atoms. The molecule has 1 unspecified atom stereocenters. The minimum Gasteiger partial charge on any atom is -0.449 e. The van der Waals surface area contributed by atoms with Crippen molar-refractivity contribution >= 4 is 27.9 Å². The molecule has 1 fully saturated rings. The monoisotopic (exact) mass is 514 g/mol. The summed E-state index contributed by atoms with van der Waals surface area (Å²) in [6, 6.07) is 29.8. The van der Waals surface area contributed by atoms with Crippen LogP contribution in [0.25, 0.3) is 11.1 Å². The average Bonchev–Trinajstić information content (AvgIpc) is 3.27. The van der Waals surface area contributed by atoms with E-state index in [0.29, 0.717) is 5.69 Å². The number of benzene rings is 4. The molecule has 4 aromatic rings. The minimum absolute atomic E-state index is 0.0504. The van der Waals surface area contributed by atoms with Crippen LogP contribution in [0, 0.1) is 0 Å². The molecule has 8 nitrogen and oxygen atoms in total. The van der Waals surface area contributed by atoms with E-state index in [-0.39, 0.29) is 17.2 Å². The molecule has 1 aliphatic rings. The first-order valence-corrected chi connectivity index (χ1v) is 12.9. The molecule has 0 aromatic heterocycles. The van der Waals surface area contributed by atoms with Gasteiger partial charge in [0.25, 0.3) is 10.0 Å². The summed E-state index contributed by atoms with van der Waals surface area (Å²) in [5.41, 5.74) is 2.98. The van der Waals surface area contributed by atoms with Gasteiger partial charge in [-0.05, 0) is 59.2 Å². The fourth-order valence-corrected chi connectivity index (χ4v) is 5.75. The number of sulfonamides is 1. The Morgan fingerprint density at radius 3 is 2.11 bits per heavy atom. The highest BCUT2D eigenvalue weighted by Crippen LogP contribution is 2.38. The minimum atomic E-state index is -4.07. The zero-order valence-corrected chi connectivity index (χ0v) is 20.3. The van der Waals surface area contributed by atoms with E-state index in [9.17, 15) is 18.0 Å². The summed E-state index contributed by atoms with van der Waals surface area (Å²) >= 11 is 0. The predicted octanol–water partition coefficient (Wildman–Crippen LogP) is 5.78. The van der Waals surface area contributed by atoms with Crippen LogP contribution in [-0.4, -0.2) is 36.6 Å². The third-order valence-electron chi connectivity index (χ3n) is 6.10. The summed E-state index contributed by atoms with van der Waals surface area (Å²) in [6.07, 6.45) is -1.39. The molecule has 0 bridgehead atoms. The van der Waals surface area contributed by atoms with E-state index in [1.165, 1.54) is 17.0 Å². The van der Waals surface area contributed by atoms with Crippen LogP contribution in [0.5, 0.6) is 5.75 Å². The van der Waals surface area contributed by atoms with Gasteiger partial charge in [0.1, 0.15) is 5.75 Å². The Hall–Kier alpha value is -4.63. The zero-order valence-electron chi connectivity index (χ0n) is 19.5. The number of anilines is 1. The van der Waals surface area contributed by atoms with Crippen LogP contribution in [-0.2, 0) is 10.0 Å². The quantitative estimate of drug-likeness (QED) is 0.258. The number of amides is 2. The van der Waals surface area contributed by atoms with Gasteiger partial charge in [0, 0.05) is 5.69 Å². The first kappa shape index (κ1) is 24.1. The molecule has 1 saturated heterocycles. The summed E-state index contributed by atoms with van der Waals surface area (Å²) in [7, 11) is -4.07. The van der Waals surface area contributed by atoms with Gasteiger partial charge in [-0.1, -0.05) is 66.7 Å². The lowest BCUT2D eigenvalue weighted by molar-refractivity contribution is 0.144. The van der Waals surface area contributed by atoms with E-state index < -0.39 is 28.3 Å². The summed E-state index contributed by atoms with van der Waals surface area (Å²) in [6.45, 7) is -0.0558. The largest absolute Gasteiger partial charge is 0.511 e. The lowest BCUT2D eigenvalue weighted by atomic mass is 9.99. The maximum atomic E-state index is 13.6. The second-order valence-electron chi connectivity index (χ2n) is 8.37. The fraction of sp³-hybridized carbons (Fsp3) is 0.0714. The second kappa shape index (κ2) is 9.79. The highest BCUT2D eigenvalue weighted by atomic mass is 32.2. The van der Waals surface area contributed by atoms with Crippen molar-refractivity contribution in [2.75, 3.05) is 11.4 Å². The summed E-state index contributed by atoms with van der Waals surface area (Å²) in [4.78, 5) is 25.9. The third-order valence-corrected chi connectivity index (χ3v) is 7.85. The van der Waals surface area contributed by atoms with Crippen LogP contribution in [0.2, 0.25) is 0 Å². The molecule has 1 heterocycles. The van der Waals surface area contributed by atoms with Crippen molar-refractivity contribution in [3.63, 3.8) is 0 Å². The first-order valence-electron chi connectivity index (χ1n) is 11.4. The molecule has 37 heavy (non-hydrogen) atoms. The van der Waals surface area contributed by atoms with E-state index in [2.05, 4.69) is 4.74 Å². The van der Waals surface area contributed by atoms with Gasteiger partial charge >= 0.3 is 12.2 Å². The number of rotatable bonds is 6.